The first-order valence-corrected chi connectivity index (χ1v) is 6.70. The van der Waals surface area contributed by atoms with E-state index in [9.17, 15) is 4.39 Å². The monoisotopic (exact) mass is 327 g/mol. The minimum atomic E-state index is -0.375. The van der Waals surface area contributed by atoms with E-state index in [1.54, 1.807) is 12.1 Å². The number of ether oxygens (including phenoxy) is 1. The lowest BCUT2D eigenvalue weighted by molar-refractivity contribution is 0.287. The topological polar surface area (TPSA) is 34.4 Å². The number of rotatable bonds is 5. The molecule has 0 atom stereocenters. The van der Waals surface area contributed by atoms with Crippen molar-refractivity contribution in [2.75, 3.05) is 7.05 Å². The zero-order valence-corrected chi connectivity index (χ0v) is 12.4. The van der Waals surface area contributed by atoms with E-state index in [-0.39, 0.29) is 18.2 Å². The molecule has 102 valence electrons. The Morgan fingerprint density at radius 3 is 2.89 bits per heavy atom. The third-order valence-electron chi connectivity index (χ3n) is 2.70. The van der Waals surface area contributed by atoms with E-state index in [1.807, 2.05) is 20.0 Å². The highest BCUT2D eigenvalue weighted by atomic mass is 79.9. The number of hydrogen-bond acceptors (Lipinski definition) is 3. The molecule has 2 aromatic rings. The maximum atomic E-state index is 13.5. The van der Waals surface area contributed by atoms with Gasteiger partial charge in [-0.2, -0.15) is 0 Å². The first kappa shape index (κ1) is 14.1. The Hall–Kier alpha value is -1.33. The lowest BCUT2D eigenvalue weighted by Gasteiger charge is -2.06. The molecule has 0 aliphatic carbocycles. The Balaban J connectivity index is 2.07. The van der Waals surface area contributed by atoms with Crippen molar-refractivity contribution in [2.45, 2.75) is 20.1 Å². The number of hydrogen-bond donors (Lipinski definition) is 1. The van der Waals surface area contributed by atoms with Gasteiger partial charge in [-0.05, 0) is 38.2 Å². The Labute approximate surface area is 119 Å². The van der Waals surface area contributed by atoms with Gasteiger partial charge in [-0.25, -0.2) is 4.39 Å². The third-order valence-corrected chi connectivity index (χ3v) is 3.19. The van der Waals surface area contributed by atoms with Gasteiger partial charge in [-0.15, -0.1) is 0 Å². The van der Waals surface area contributed by atoms with Gasteiger partial charge >= 0.3 is 0 Å². The molecule has 5 heteroatoms. The van der Waals surface area contributed by atoms with Gasteiger partial charge in [-0.3, -0.25) is 0 Å². The second-order valence-electron chi connectivity index (χ2n) is 4.19. The molecule has 0 spiro atoms. The number of benzene rings is 1. The third kappa shape index (κ3) is 3.58. The Morgan fingerprint density at radius 1 is 1.37 bits per heavy atom. The van der Waals surface area contributed by atoms with Gasteiger partial charge in [0, 0.05) is 10.0 Å². The molecule has 0 fully saturated rings. The van der Waals surface area contributed by atoms with Crippen LogP contribution in [0.4, 0.5) is 4.39 Å². The van der Waals surface area contributed by atoms with Crippen molar-refractivity contribution < 1.29 is 13.5 Å². The van der Waals surface area contributed by atoms with Crippen LogP contribution < -0.4 is 10.1 Å². The number of furan rings is 1. The minimum absolute atomic E-state index is 0.227. The van der Waals surface area contributed by atoms with Crippen molar-refractivity contribution >= 4 is 15.9 Å². The average Bonchev–Trinajstić information content (AvgIpc) is 2.71. The second kappa shape index (κ2) is 6.21. The summed E-state index contributed by atoms with van der Waals surface area (Å²) in [7, 11) is 1.85. The molecule has 19 heavy (non-hydrogen) atoms. The molecule has 0 amide bonds. The Bertz CT molecular complexity index is 569. The highest BCUT2D eigenvalue weighted by Crippen LogP contribution is 2.24. The fourth-order valence-electron chi connectivity index (χ4n) is 1.74. The summed E-state index contributed by atoms with van der Waals surface area (Å²) in [5.74, 6) is 1.49. The summed E-state index contributed by atoms with van der Waals surface area (Å²) in [4.78, 5) is 0. The van der Waals surface area contributed by atoms with E-state index in [0.29, 0.717) is 6.54 Å². The summed E-state index contributed by atoms with van der Waals surface area (Å²) >= 11 is 3.29. The predicted octanol–water partition coefficient (Wildman–Crippen LogP) is 3.79. The summed E-state index contributed by atoms with van der Waals surface area (Å²) in [5, 5.41) is 3.01. The fraction of sp³-hybridized carbons (Fsp3) is 0.286. The van der Waals surface area contributed by atoms with E-state index in [0.717, 1.165) is 21.6 Å². The highest BCUT2D eigenvalue weighted by molar-refractivity contribution is 9.10. The number of nitrogens with one attached hydrogen (secondary N) is 1. The molecule has 0 saturated heterocycles. The standard InChI is InChI=1S/C14H15BrFNO2/c1-9-10(5-12(19-9)7-17-2)8-18-14-6-11(15)3-4-13(14)16/h3-6,17H,7-8H2,1-2H3. The van der Waals surface area contributed by atoms with Crippen molar-refractivity contribution in [3.8, 4) is 5.75 Å². The Kier molecular flexibility index (Phi) is 4.61. The van der Waals surface area contributed by atoms with Crippen LogP contribution >= 0.6 is 15.9 Å². The summed E-state index contributed by atoms with van der Waals surface area (Å²) < 4.78 is 25.3. The first-order valence-electron chi connectivity index (χ1n) is 5.91. The van der Waals surface area contributed by atoms with Gasteiger partial charge < -0.3 is 14.5 Å². The first-order chi connectivity index (χ1) is 9.10. The molecule has 0 radical (unpaired) electrons. The average molecular weight is 328 g/mol. The molecule has 1 N–H and O–H groups in total. The predicted molar refractivity (Wildman–Crippen MR) is 74.6 cm³/mol. The molecule has 0 saturated carbocycles. The number of halogens is 2. The van der Waals surface area contributed by atoms with Crippen LogP contribution in [0.2, 0.25) is 0 Å². The highest BCUT2D eigenvalue weighted by Gasteiger charge is 2.09. The number of aryl methyl sites for hydroxylation is 1. The normalized spacial score (nSPS) is 10.7. The van der Waals surface area contributed by atoms with Crippen LogP contribution in [-0.2, 0) is 13.2 Å². The van der Waals surface area contributed by atoms with Crippen molar-refractivity contribution in [3.63, 3.8) is 0 Å². The van der Waals surface area contributed by atoms with Crippen molar-refractivity contribution in [2.24, 2.45) is 0 Å². The molecular weight excluding hydrogens is 313 g/mol. The summed E-state index contributed by atoms with van der Waals surface area (Å²) in [6.07, 6.45) is 0. The van der Waals surface area contributed by atoms with E-state index >= 15 is 0 Å². The molecule has 2 rings (SSSR count). The van der Waals surface area contributed by atoms with Crippen LogP contribution in [0, 0.1) is 12.7 Å². The molecule has 1 aromatic heterocycles. The van der Waals surface area contributed by atoms with E-state index in [2.05, 4.69) is 21.2 Å². The molecule has 1 aromatic carbocycles. The van der Waals surface area contributed by atoms with Crippen LogP contribution in [0.1, 0.15) is 17.1 Å². The van der Waals surface area contributed by atoms with Gasteiger partial charge in [0.2, 0.25) is 0 Å². The molecule has 1 heterocycles. The molecule has 0 unspecified atom stereocenters. The fourth-order valence-corrected chi connectivity index (χ4v) is 2.08. The van der Waals surface area contributed by atoms with Crippen LogP contribution in [0.5, 0.6) is 5.75 Å². The van der Waals surface area contributed by atoms with Crippen LogP contribution in [-0.4, -0.2) is 7.05 Å². The smallest absolute Gasteiger partial charge is 0.165 e. The van der Waals surface area contributed by atoms with Gasteiger partial charge in [-0.1, -0.05) is 15.9 Å². The minimum Gasteiger partial charge on any atom is -0.486 e. The van der Waals surface area contributed by atoms with E-state index in [1.165, 1.54) is 6.07 Å². The summed E-state index contributed by atoms with van der Waals surface area (Å²) in [6, 6.07) is 6.53. The largest absolute Gasteiger partial charge is 0.486 e. The molecule has 3 nitrogen and oxygen atoms in total. The van der Waals surface area contributed by atoms with Crippen molar-refractivity contribution in [1.82, 2.24) is 5.32 Å². The summed E-state index contributed by atoms with van der Waals surface area (Å²) in [5.41, 5.74) is 0.921. The molecule has 0 aliphatic rings. The molecule has 0 bridgehead atoms. The second-order valence-corrected chi connectivity index (χ2v) is 5.10. The van der Waals surface area contributed by atoms with Crippen LogP contribution in [0.15, 0.2) is 33.2 Å². The van der Waals surface area contributed by atoms with Gasteiger partial charge in [0.15, 0.2) is 11.6 Å². The molecular formula is C14H15BrFNO2. The quantitative estimate of drug-likeness (QED) is 0.907. The van der Waals surface area contributed by atoms with Crippen molar-refractivity contribution in [1.29, 1.82) is 0 Å². The van der Waals surface area contributed by atoms with Gasteiger partial charge in [0.1, 0.15) is 18.1 Å². The van der Waals surface area contributed by atoms with Gasteiger partial charge in [0.25, 0.3) is 0 Å². The zero-order chi connectivity index (χ0) is 13.8. The zero-order valence-electron chi connectivity index (χ0n) is 10.8. The maximum absolute atomic E-state index is 13.5. The van der Waals surface area contributed by atoms with E-state index < -0.39 is 0 Å². The SMILES string of the molecule is CNCc1cc(COc2cc(Br)ccc2F)c(C)o1. The lowest BCUT2D eigenvalue weighted by atomic mass is 10.2. The van der Waals surface area contributed by atoms with Gasteiger partial charge in [0.05, 0.1) is 6.54 Å². The van der Waals surface area contributed by atoms with Crippen molar-refractivity contribution in [3.05, 3.63) is 51.6 Å². The van der Waals surface area contributed by atoms with Crippen LogP contribution in [0.25, 0.3) is 0 Å². The summed E-state index contributed by atoms with van der Waals surface area (Å²) in [6.45, 7) is 2.81. The lowest BCUT2D eigenvalue weighted by Crippen LogP contribution is -2.03. The van der Waals surface area contributed by atoms with Crippen LogP contribution in [0.3, 0.4) is 0 Å². The van der Waals surface area contributed by atoms with E-state index in [4.69, 9.17) is 9.15 Å². The molecule has 0 aliphatic heterocycles. The maximum Gasteiger partial charge on any atom is 0.165 e. The Morgan fingerprint density at radius 2 is 2.16 bits per heavy atom.